The molecule has 0 aliphatic carbocycles. The van der Waals surface area contributed by atoms with Gasteiger partial charge in [-0.05, 0) is 71.6 Å². The molecule has 0 aliphatic rings. The molecular weight excluding hydrogens is 390 g/mol. The summed E-state index contributed by atoms with van der Waals surface area (Å²) in [5.41, 5.74) is 5.88. The largest absolute Gasteiger partial charge is 0.373 e. The number of benzene rings is 2. The first-order valence-electron chi connectivity index (χ1n) is 9.79. The van der Waals surface area contributed by atoms with Gasteiger partial charge in [0.25, 0.3) is 5.89 Å². The molecule has 7 heteroatoms. The fourth-order valence-corrected chi connectivity index (χ4v) is 3.25. The first-order valence-corrected chi connectivity index (χ1v) is 9.79. The van der Waals surface area contributed by atoms with Gasteiger partial charge in [0.15, 0.2) is 0 Å². The molecule has 0 atom stereocenters. The Kier molecular flexibility index (Phi) is 5.66. The van der Waals surface area contributed by atoms with Crippen LogP contribution in [0.2, 0.25) is 0 Å². The molecule has 0 bridgehead atoms. The number of anilines is 1. The molecular formula is C24H21N5O2. The third-order valence-corrected chi connectivity index (χ3v) is 5.05. The van der Waals surface area contributed by atoms with Crippen LogP contribution in [0, 0.1) is 18.8 Å². The molecule has 0 spiro atoms. The molecule has 0 saturated heterocycles. The van der Waals surface area contributed by atoms with Crippen LogP contribution in [0.5, 0.6) is 0 Å². The summed E-state index contributed by atoms with van der Waals surface area (Å²) in [5, 5.41) is 10.3. The van der Waals surface area contributed by atoms with Crippen LogP contribution in [0.15, 0.2) is 70.5 Å². The molecule has 154 valence electrons. The first kappa shape index (κ1) is 20.2. The van der Waals surface area contributed by atoms with Crippen molar-refractivity contribution in [1.29, 1.82) is 0 Å². The lowest BCUT2D eigenvalue weighted by Gasteiger charge is -2.06. The molecule has 0 fully saturated rings. The summed E-state index contributed by atoms with van der Waals surface area (Å²) in [6.45, 7) is 4.14. The van der Waals surface area contributed by atoms with E-state index in [0.29, 0.717) is 28.8 Å². The summed E-state index contributed by atoms with van der Waals surface area (Å²) in [4.78, 5) is 20.0. The van der Waals surface area contributed by atoms with Crippen LogP contribution in [0.1, 0.15) is 28.1 Å². The van der Waals surface area contributed by atoms with Gasteiger partial charge in [0.1, 0.15) is 11.5 Å². The Morgan fingerprint density at radius 2 is 1.94 bits per heavy atom. The summed E-state index contributed by atoms with van der Waals surface area (Å²) in [7, 11) is 1.79. The van der Waals surface area contributed by atoms with Gasteiger partial charge in [-0.3, -0.25) is 0 Å². The highest BCUT2D eigenvalue weighted by atomic mass is 16.5. The van der Waals surface area contributed by atoms with Crippen molar-refractivity contribution in [2.45, 2.75) is 13.8 Å². The average Bonchev–Trinajstić information content (AvgIpc) is 3.29. The minimum atomic E-state index is 0.327. The van der Waals surface area contributed by atoms with Crippen LogP contribution >= 0.6 is 0 Å². The highest BCUT2D eigenvalue weighted by Gasteiger charge is 2.18. The van der Waals surface area contributed by atoms with Crippen molar-refractivity contribution in [3.8, 4) is 11.4 Å². The van der Waals surface area contributed by atoms with Crippen LogP contribution in [0.3, 0.4) is 0 Å². The third kappa shape index (κ3) is 4.25. The van der Waals surface area contributed by atoms with Crippen LogP contribution in [-0.2, 0) is 0 Å². The van der Waals surface area contributed by atoms with Crippen LogP contribution in [0.25, 0.3) is 23.0 Å². The van der Waals surface area contributed by atoms with Gasteiger partial charge in [0.05, 0.1) is 5.56 Å². The number of nitroso groups, excluding NO2 is 1. The number of hydrogen-bond donors (Lipinski definition) is 1. The highest BCUT2D eigenvalue weighted by molar-refractivity contribution is 5.89. The number of aryl methyl sites for hydroxylation is 2. The van der Waals surface area contributed by atoms with E-state index in [0.717, 1.165) is 16.7 Å². The second-order valence-electron chi connectivity index (χ2n) is 7.12. The summed E-state index contributed by atoms with van der Waals surface area (Å²) >= 11 is 0. The van der Waals surface area contributed by atoms with Crippen molar-refractivity contribution < 1.29 is 4.52 Å². The normalized spacial score (nSPS) is 11.4. The van der Waals surface area contributed by atoms with Gasteiger partial charge in [0, 0.05) is 18.8 Å². The number of pyridine rings is 1. The van der Waals surface area contributed by atoms with Gasteiger partial charge < -0.3 is 9.84 Å². The smallest absolute Gasteiger partial charge is 0.258 e. The molecule has 2 heterocycles. The lowest BCUT2D eigenvalue weighted by molar-refractivity contribution is 0.409. The molecule has 0 amide bonds. The highest BCUT2D eigenvalue weighted by Crippen LogP contribution is 2.31. The van der Waals surface area contributed by atoms with Crippen LogP contribution in [-0.4, -0.2) is 22.2 Å². The Bertz CT molecular complexity index is 1280. The van der Waals surface area contributed by atoms with Gasteiger partial charge in [-0.25, -0.2) is 4.98 Å². The number of nitrogens with one attached hydrogen (secondary N) is 1. The monoisotopic (exact) mass is 411 g/mol. The topological polar surface area (TPSA) is 93.3 Å². The minimum absolute atomic E-state index is 0.327. The van der Waals surface area contributed by atoms with Gasteiger partial charge in [0.2, 0.25) is 5.82 Å². The summed E-state index contributed by atoms with van der Waals surface area (Å²) in [6.07, 6.45) is 3.66. The molecule has 4 rings (SSSR count). The van der Waals surface area contributed by atoms with E-state index in [9.17, 15) is 4.91 Å². The minimum Gasteiger partial charge on any atom is -0.373 e. The first-order chi connectivity index (χ1) is 15.1. The van der Waals surface area contributed by atoms with E-state index in [1.54, 1.807) is 31.4 Å². The van der Waals surface area contributed by atoms with Crippen LogP contribution in [0.4, 0.5) is 11.5 Å². The fraction of sp³-hybridized carbons (Fsp3) is 0.125. The molecule has 1 N–H and O–H groups in total. The lowest BCUT2D eigenvalue weighted by Crippen LogP contribution is -1.96. The van der Waals surface area contributed by atoms with E-state index in [1.807, 2.05) is 30.3 Å². The molecule has 4 aromatic rings. The molecule has 2 aromatic carbocycles. The predicted octanol–water partition coefficient (Wildman–Crippen LogP) is 5.78. The van der Waals surface area contributed by atoms with Gasteiger partial charge in [-0.1, -0.05) is 35.5 Å². The number of rotatable bonds is 6. The second-order valence-corrected chi connectivity index (χ2v) is 7.12. The van der Waals surface area contributed by atoms with Crippen LogP contribution < -0.4 is 5.32 Å². The van der Waals surface area contributed by atoms with Crippen molar-refractivity contribution in [3.05, 3.63) is 93.8 Å². The van der Waals surface area contributed by atoms with Gasteiger partial charge >= 0.3 is 0 Å². The number of aromatic nitrogens is 3. The molecule has 31 heavy (non-hydrogen) atoms. The standard InChI is InChI=1S/C24H21N5O2/c1-15-9-10-17(12-16(15)2)13-21(18-6-4-7-19(14-18)28-30)24-27-23(29-31-24)20-8-5-11-26-22(20)25-3/h4-14H,1-3H3,(H,25,26)/b21-13+. The van der Waals surface area contributed by atoms with Crippen molar-refractivity contribution in [1.82, 2.24) is 15.1 Å². The summed E-state index contributed by atoms with van der Waals surface area (Å²) < 4.78 is 5.64. The Morgan fingerprint density at radius 1 is 1.06 bits per heavy atom. The van der Waals surface area contributed by atoms with Crippen molar-refractivity contribution in [2.24, 2.45) is 5.18 Å². The molecule has 0 aliphatic heterocycles. The summed E-state index contributed by atoms with van der Waals surface area (Å²) in [6, 6.07) is 16.9. The van der Waals surface area contributed by atoms with Crippen molar-refractivity contribution >= 4 is 23.2 Å². The maximum absolute atomic E-state index is 11.1. The fourth-order valence-electron chi connectivity index (χ4n) is 3.25. The van der Waals surface area contributed by atoms with Gasteiger partial charge in [-0.15, -0.1) is 4.91 Å². The summed E-state index contributed by atoms with van der Waals surface area (Å²) in [5.74, 6) is 1.41. The number of hydrogen-bond acceptors (Lipinski definition) is 7. The molecule has 2 aromatic heterocycles. The van der Waals surface area contributed by atoms with E-state index < -0.39 is 0 Å². The van der Waals surface area contributed by atoms with E-state index in [-0.39, 0.29) is 0 Å². The van der Waals surface area contributed by atoms with E-state index in [4.69, 9.17) is 4.52 Å². The Morgan fingerprint density at radius 3 is 2.71 bits per heavy atom. The Hall–Kier alpha value is -4.13. The molecule has 0 unspecified atom stereocenters. The average molecular weight is 411 g/mol. The maximum Gasteiger partial charge on any atom is 0.258 e. The zero-order chi connectivity index (χ0) is 21.8. The lowest BCUT2D eigenvalue weighted by atomic mass is 10.00. The van der Waals surface area contributed by atoms with Gasteiger partial charge in [-0.2, -0.15) is 4.98 Å². The zero-order valence-corrected chi connectivity index (χ0v) is 17.5. The Labute approximate surface area is 179 Å². The quantitative estimate of drug-likeness (QED) is 0.319. The van der Waals surface area contributed by atoms with E-state index >= 15 is 0 Å². The Balaban J connectivity index is 1.85. The predicted molar refractivity (Wildman–Crippen MR) is 122 cm³/mol. The third-order valence-electron chi connectivity index (χ3n) is 5.05. The number of nitrogens with zero attached hydrogens (tertiary/aromatic N) is 4. The van der Waals surface area contributed by atoms with E-state index in [1.165, 1.54) is 11.1 Å². The second kappa shape index (κ2) is 8.71. The molecule has 0 saturated carbocycles. The zero-order valence-electron chi connectivity index (χ0n) is 17.5. The SMILES string of the molecule is CNc1ncccc1-c1noc(/C(=C/c2ccc(C)c(C)c2)c2cccc(N=O)c2)n1. The maximum atomic E-state index is 11.1. The molecule has 0 radical (unpaired) electrons. The molecule has 7 nitrogen and oxygen atoms in total. The van der Waals surface area contributed by atoms with E-state index in [2.05, 4.69) is 51.6 Å². The van der Waals surface area contributed by atoms with Crippen molar-refractivity contribution in [3.63, 3.8) is 0 Å². The van der Waals surface area contributed by atoms with Crippen molar-refractivity contribution in [2.75, 3.05) is 12.4 Å².